The first kappa shape index (κ1) is 15.5. The van der Waals surface area contributed by atoms with Gasteiger partial charge in [0, 0.05) is 12.1 Å². The molecule has 0 spiro atoms. The van der Waals surface area contributed by atoms with Gasteiger partial charge in [0.25, 0.3) is 0 Å². The smallest absolute Gasteiger partial charge is 0.0739 e. The minimum Gasteiger partial charge on any atom is -0.383 e. The number of halogens is 2. The lowest BCUT2D eigenvalue weighted by molar-refractivity contribution is 0.182. The lowest BCUT2D eigenvalue weighted by Crippen LogP contribution is -2.19. The molecule has 0 fully saturated rings. The molecule has 0 aliphatic carbocycles. The summed E-state index contributed by atoms with van der Waals surface area (Å²) in [6.45, 7) is 3.22. The number of hydrogen-bond donors (Lipinski definition) is 1. The SMILES string of the molecule is COCCn1ncc(Br)c1C(N)c1ccc(Cl)c(C)c1. The molecule has 1 atom stereocenters. The first-order valence-corrected chi connectivity index (χ1v) is 7.43. The van der Waals surface area contributed by atoms with Gasteiger partial charge in [-0.3, -0.25) is 4.68 Å². The maximum atomic E-state index is 6.38. The van der Waals surface area contributed by atoms with Crippen molar-refractivity contribution in [2.24, 2.45) is 5.73 Å². The van der Waals surface area contributed by atoms with Crippen molar-refractivity contribution in [1.29, 1.82) is 0 Å². The zero-order valence-corrected chi connectivity index (χ0v) is 13.8. The summed E-state index contributed by atoms with van der Waals surface area (Å²) in [4.78, 5) is 0. The highest BCUT2D eigenvalue weighted by molar-refractivity contribution is 9.10. The Morgan fingerprint density at radius 2 is 2.25 bits per heavy atom. The third-order valence-electron chi connectivity index (χ3n) is 3.18. The lowest BCUT2D eigenvalue weighted by atomic mass is 10.0. The third-order valence-corrected chi connectivity index (χ3v) is 4.21. The van der Waals surface area contributed by atoms with Gasteiger partial charge in [0.15, 0.2) is 0 Å². The van der Waals surface area contributed by atoms with Gasteiger partial charge in [-0.2, -0.15) is 5.10 Å². The monoisotopic (exact) mass is 357 g/mol. The average Bonchev–Trinajstić information content (AvgIpc) is 2.80. The van der Waals surface area contributed by atoms with Crippen LogP contribution in [0.25, 0.3) is 0 Å². The molecule has 2 rings (SSSR count). The fourth-order valence-corrected chi connectivity index (χ4v) is 2.72. The van der Waals surface area contributed by atoms with Gasteiger partial charge in [-0.05, 0) is 40.0 Å². The van der Waals surface area contributed by atoms with Crippen LogP contribution >= 0.6 is 27.5 Å². The van der Waals surface area contributed by atoms with Crippen LogP contribution in [0.3, 0.4) is 0 Å². The van der Waals surface area contributed by atoms with Gasteiger partial charge in [-0.1, -0.05) is 23.7 Å². The van der Waals surface area contributed by atoms with E-state index in [2.05, 4.69) is 21.0 Å². The second kappa shape index (κ2) is 6.72. The summed E-state index contributed by atoms with van der Waals surface area (Å²) in [6, 6.07) is 5.56. The standard InChI is InChI=1S/C14H17BrClN3O/c1-9-7-10(3-4-12(9)16)13(17)14-11(15)8-18-19(14)5-6-20-2/h3-4,7-8,13H,5-6,17H2,1-2H3. The summed E-state index contributed by atoms with van der Waals surface area (Å²) in [5, 5.41) is 5.07. The van der Waals surface area contributed by atoms with Crippen molar-refractivity contribution in [1.82, 2.24) is 9.78 Å². The van der Waals surface area contributed by atoms with Crippen LogP contribution in [0, 0.1) is 6.92 Å². The molecule has 0 saturated carbocycles. The molecule has 2 aromatic rings. The van der Waals surface area contributed by atoms with Crippen LogP contribution in [0.15, 0.2) is 28.9 Å². The second-order valence-corrected chi connectivity index (χ2v) is 5.84. The van der Waals surface area contributed by atoms with E-state index in [1.807, 2.05) is 29.8 Å². The summed E-state index contributed by atoms with van der Waals surface area (Å²) in [5.74, 6) is 0. The van der Waals surface area contributed by atoms with Gasteiger partial charge in [-0.15, -0.1) is 0 Å². The Hall–Kier alpha value is -0.880. The highest BCUT2D eigenvalue weighted by Gasteiger charge is 2.18. The van der Waals surface area contributed by atoms with Crippen molar-refractivity contribution in [3.05, 3.63) is 50.7 Å². The molecule has 1 unspecified atom stereocenters. The van der Waals surface area contributed by atoms with Gasteiger partial charge in [0.05, 0.1) is 35.6 Å². The predicted molar refractivity (Wildman–Crippen MR) is 84.0 cm³/mol. The number of aryl methyl sites for hydroxylation is 1. The van der Waals surface area contributed by atoms with E-state index in [0.717, 1.165) is 26.3 Å². The van der Waals surface area contributed by atoms with E-state index >= 15 is 0 Å². The Kier molecular flexibility index (Phi) is 5.21. The molecule has 6 heteroatoms. The van der Waals surface area contributed by atoms with E-state index in [1.165, 1.54) is 0 Å². The minimum absolute atomic E-state index is 0.264. The topological polar surface area (TPSA) is 53.1 Å². The van der Waals surface area contributed by atoms with Gasteiger partial charge in [0.2, 0.25) is 0 Å². The number of rotatable bonds is 5. The number of nitrogens with zero attached hydrogens (tertiary/aromatic N) is 2. The molecule has 108 valence electrons. The quantitative estimate of drug-likeness (QED) is 0.892. The molecular weight excluding hydrogens is 342 g/mol. The summed E-state index contributed by atoms with van der Waals surface area (Å²) in [6.07, 6.45) is 1.76. The molecule has 1 heterocycles. The first-order valence-electron chi connectivity index (χ1n) is 6.26. The third kappa shape index (κ3) is 3.23. The van der Waals surface area contributed by atoms with Crippen molar-refractivity contribution < 1.29 is 4.74 Å². The first-order chi connectivity index (χ1) is 9.54. The molecule has 4 nitrogen and oxygen atoms in total. The number of ether oxygens (including phenoxy) is 1. The summed E-state index contributed by atoms with van der Waals surface area (Å²) in [7, 11) is 1.67. The Balaban J connectivity index is 2.34. The van der Waals surface area contributed by atoms with Crippen LogP contribution in [0.2, 0.25) is 5.02 Å². The molecule has 0 radical (unpaired) electrons. The van der Waals surface area contributed by atoms with Crippen LogP contribution in [-0.4, -0.2) is 23.5 Å². The predicted octanol–water partition coefficient (Wildman–Crippen LogP) is 3.30. The Labute approximate surface area is 132 Å². The minimum atomic E-state index is -0.264. The molecule has 1 aromatic carbocycles. The van der Waals surface area contributed by atoms with E-state index in [1.54, 1.807) is 13.3 Å². The maximum absolute atomic E-state index is 6.38. The molecule has 20 heavy (non-hydrogen) atoms. The lowest BCUT2D eigenvalue weighted by Gasteiger charge is -2.16. The normalized spacial score (nSPS) is 12.7. The van der Waals surface area contributed by atoms with Gasteiger partial charge >= 0.3 is 0 Å². The fraction of sp³-hybridized carbons (Fsp3) is 0.357. The Morgan fingerprint density at radius 1 is 1.50 bits per heavy atom. The molecular formula is C14H17BrClN3O. The highest BCUT2D eigenvalue weighted by Crippen LogP contribution is 2.28. The van der Waals surface area contributed by atoms with Crippen molar-refractivity contribution in [2.75, 3.05) is 13.7 Å². The maximum Gasteiger partial charge on any atom is 0.0739 e. The molecule has 0 amide bonds. The largest absolute Gasteiger partial charge is 0.383 e. The van der Waals surface area contributed by atoms with Crippen molar-refractivity contribution >= 4 is 27.5 Å². The zero-order valence-electron chi connectivity index (χ0n) is 11.4. The zero-order chi connectivity index (χ0) is 14.7. The summed E-state index contributed by atoms with van der Waals surface area (Å²) in [5.41, 5.74) is 9.33. The molecule has 2 N–H and O–H groups in total. The van der Waals surface area contributed by atoms with E-state index < -0.39 is 0 Å². The van der Waals surface area contributed by atoms with Crippen molar-refractivity contribution in [3.63, 3.8) is 0 Å². The number of methoxy groups -OCH3 is 1. The van der Waals surface area contributed by atoms with Crippen LogP contribution in [-0.2, 0) is 11.3 Å². The second-order valence-electron chi connectivity index (χ2n) is 4.58. The van der Waals surface area contributed by atoms with Gasteiger partial charge < -0.3 is 10.5 Å². The fourth-order valence-electron chi connectivity index (χ4n) is 2.06. The Morgan fingerprint density at radius 3 is 2.90 bits per heavy atom. The van der Waals surface area contributed by atoms with Gasteiger partial charge in [-0.25, -0.2) is 0 Å². The van der Waals surface area contributed by atoms with Crippen molar-refractivity contribution in [3.8, 4) is 0 Å². The number of hydrogen-bond acceptors (Lipinski definition) is 3. The number of benzene rings is 1. The van der Waals surface area contributed by atoms with Crippen LogP contribution in [0.5, 0.6) is 0 Å². The summed E-state index contributed by atoms with van der Waals surface area (Å²) >= 11 is 9.57. The molecule has 0 aliphatic rings. The van der Waals surface area contributed by atoms with Gasteiger partial charge in [0.1, 0.15) is 0 Å². The van der Waals surface area contributed by atoms with E-state index in [9.17, 15) is 0 Å². The summed E-state index contributed by atoms with van der Waals surface area (Å²) < 4.78 is 7.86. The molecule has 0 bridgehead atoms. The number of aromatic nitrogens is 2. The van der Waals surface area contributed by atoms with Crippen LogP contribution in [0.1, 0.15) is 22.9 Å². The van der Waals surface area contributed by atoms with E-state index in [-0.39, 0.29) is 6.04 Å². The molecule has 0 saturated heterocycles. The van der Waals surface area contributed by atoms with E-state index in [0.29, 0.717) is 13.2 Å². The highest BCUT2D eigenvalue weighted by atomic mass is 79.9. The van der Waals surface area contributed by atoms with Crippen molar-refractivity contribution in [2.45, 2.75) is 19.5 Å². The Bertz CT molecular complexity index is 600. The van der Waals surface area contributed by atoms with E-state index in [4.69, 9.17) is 22.1 Å². The average molecular weight is 359 g/mol. The molecule has 1 aromatic heterocycles. The van der Waals surface area contributed by atoms with Crippen LogP contribution < -0.4 is 5.73 Å². The number of nitrogens with two attached hydrogens (primary N) is 1. The molecule has 0 aliphatic heterocycles. The van der Waals surface area contributed by atoms with Crippen LogP contribution in [0.4, 0.5) is 0 Å².